The van der Waals surface area contributed by atoms with Gasteiger partial charge in [-0.05, 0) is 87.4 Å². The van der Waals surface area contributed by atoms with Crippen LogP contribution in [0.5, 0.6) is 0 Å². The summed E-state index contributed by atoms with van der Waals surface area (Å²) in [4.78, 5) is 12.1. The van der Waals surface area contributed by atoms with Gasteiger partial charge in [-0.1, -0.05) is 26.2 Å². The zero-order valence-electron chi connectivity index (χ0n) is 15.2. The Balaban J connectivity index is 1.69. The van der Waals surface area contributed by atoms with Gasteiger partial charge in [0.25, 0.3) is 0 Å². The molecule has 2 nitrogen and oxygen atoms in total. The molecule has 0 bridgehead atoms. The van der Waals surface area contributed by atoms with E-state index in [1.165, 1.54) is 64.2 Å². The molecule has 4 rings (SSSR count). The van der Waals surface area contributed by atoms with E-state index in [2.05, 4.69) is 6.92 Å². The molecular weight excluding hydrogens is 282 g/mol. The van der Waals surface area contributed by atoms with E-state index in [0.717, 1.165) is 12.3 Å². The van der Waals surface area contributed by atoms with E-state index in [4.69, 9.17) is 5.73 Å². The minimum absolute atomic E-state index is 0.0218. The van der Waals surface area contributed by atoms with Crippen LogP contribution in [0.4, 0.5) is 0 Å². The molecule has 4 fully saturated rings. The monoisotopic (exact) mass is 317 g/mol. The normalized spacial score (nSPS) is 52.9. The van der Waals surface area contributed by atoms with Gasteiger partial charge < -0.3 is 5.73 Å². The van der Waals surface area contributed by atoms with E-state index >= 15 is 0 Å². The molecule has 0 radical (unpaired) electrons. The summed E-state index contributed by atoms with van der Waals surface area (Å²) in [6.45, 7) is 4.40. The SMILES string of the molecule is CC(=O)[C@H]1CCC2C1CCCC1[C@@]3(C)CCCCC3CC[C@@]21N. The largest absolute Gasteiger partial charge is 0.325 e. The van der Waals surface area contributed by atoms with Crippen LogP contribution >= 0.6 is 0 Å². The van der Waals surface area contributed by atoms with Crippen molar-refractivity contribution >= 4 is 5.78 Å². The second-order valence-electron chi connectivity index (χ2n) is 9.65. The van der Waals surface area contributed by atoms with Crippen molar-refractivity contribution in [2.45, 2.75) is 90.0 Å². The lowest BCUT2D eigenvalue weighted by atomic mass is 9.47. The fraction of sp³-hybridized carbons (Fsp3) is 0.952. The third-order valence-corrected chi connectivity index (χ3v) is 8.89. The first-order valence-corrected chi connectivity index (χ1v) is 10.3. The minimum atomic E-state index is 0.0218. The summed E-state index contributed by atoms with van der Waals surface area (Å²) in [5.74, 6) is 3.57. The van der Waals surface area contributed by atoms with Crippen LogP contribution in [-0.2, 0) is 4.79 Å². The van der Waals surface area contributed by atoms with Gasteiger partial charge >= 0.3 is 0 Å². The maximum absolute atomic E-state index is 12.1. The summed E-state index contributed by atoms with van der Waals surface area (Å²) >= 11 is 0. The average Bonchev–Trinajstić information content (AvgIpc) is 2.88. The number of carbonyl (C=O) groups is 1. The highest BCUT2D eigenvalue weighted by Crippen LogP contribution is 2.63. The van der Waals surface area contributed by atoms with Crippen LogP contribution in [0.2, 0.25) is 0 Å². The third kappa shape index (κ3) is 2.27. The van der Waals surface area contributed by atoms with Crippen molar-refractivity contribution in [3.63, 3.8) is 0 Å². The zero-order chi connectivity index (χ0) is 16.2. The fourth-order valence-corrected chi connectivity index (χ4v) is 7.82. The molecule has 0 aromatic rings. The summed E-state index contributed by atoms with van der Waals surface area (Å²) in [5.41, 5.74) is 7.80. The van der Waals surface area contributed by atoms with Gasteiger partial charge in [-0.2, -0.15) is 0 Å². The van der Waals surface area contributed by atoms with E-state index in [1.807, 2.05) is 6.92 Å². The Morgan fingerprint density at radius 1 is 0.957 bits per heavy atom. The van der Waals surface area contributed by atoms with Crippen molar-refractivity contribution in [1.29, 1.82) is 0 Å². The van der Waals surface area contributed by atoms with E-state index in [-0.39, 0.29) is 5.54 Å². The van der Waals surface area contributed by atoms with Crippen LogP contribution in [0.25, 0.3) is 0 Å². The van der Waals surface area contributed by atoms with E-state index in [1.54, 1.807) is 0 Å². The Morgan fingerprint density at radius 2 is 1.78 bits per heavy atom. The predicted molar refractivity (Wildman–Crippen MR) is 93.9 cm³/mol. The molecule has 7 atom stereocenters. The van der Waals surface area contributed by atoms with Crippen LogP contribution in [0, 0.1) is 35.0 Å². The molecular formula is C21H35NO. The standard InChI is InChI=1S/C21H35NO/c1-14(23)16-9-10-18-17(16)7-5-8-19-20(2)12-4-3-6-15(20)11-13-21(18,19)22/h15-19H,3-13,22H2,1-2H3/t15?,16-,17?,18?,19?,20+,21-/m1/s1. The lowest BCUT2D eigenvalue weighted by molar-refractivity contribution is -0.122. The highest BCUT2D eigenvalue weighted by Gasteiger charge is 2.60. The van der Waals surface area contributed by atoms with Gasteiger partial charge in [0.15, 0.2) is 0 Å². The molecule has 2 N–H and O–H groups in total. The number of hydrogen-bond donors (Lipinski definition) is 1. The number of carbonyl (C=O) groups excluding carboxylic acids is 1. The third-order valence-electron chi connectivity index (χ3n) is 8.89. The topological polar surface area (TPSA) is 43.1 Å². The first kappa shape index (κ1) is 16.1. The van der Waals surface area contributed by atoms with Crippen LogP contribution in [0.1, 0.15) is 84.5 Å². The van der Waals surface area contributed by atoms with E-state index < -0.39 is 0 Å². The van der Waals surface area contributed by atoms with E-state index in [0.29, 0.717) is 34.9 Å². The molecule has 4 aliphatic carbocycles. The van der Waals surface area contributed by atoms with Crippen LogP contribution in [-0.4, -0.2) is 11.3 Å². The summed E-state index contributed by atoms with van der Waals surface area (Å²) in [6.07, 6.45) is 14.4. The van der Waals surface area contributed by atoms with Crippen LogP contribution < -0.4 is 5.73 Å². The molecule has 0 spiro atoms. The molecule has 0 aromatic carbocycles. The highest BCUT2D eigenvalue weighted by molar-refractivity contribution is 5.79. The minimum Gasteiger partial charge on any atom is -0.325 e. The van der Waals surface area contributed by atoms with Gasteiger partial charge in [-0.3, -0.25) is 4.79 Å². The van der Waals surface area contributed by atoms with Gasteiger partial charge in [0.2, 0.25) is 0 Å². The van der Waals surface area contributed by atoms with Gasteiger partial charge in [-0.15, -0.1) is 0 Å². The Hall–Kier alpha value is -0.370. The molecule has 4 unspecified atom stereocenters. The van der Waals surface area contributed by atoms with Crippen molar-refractivity contribution in [3.05, 3.63) is 0 Å². The second kappa shape index (κ2) is 5.58. The zero-order valence-corrected chi connectivity index (χ0v) is 15.2. The molecule has 4 saturated carbocycles. The number of nitrogens with two attached hydrogens (primary N) is 1. The van der Waals surface area contributed by atoms with Gasteiger partial charge in [0.05, 0.1) is 0 Å². The Kier molecular flexibility index (Phi) is 3.91. The highest BCUT2D eigenvalue weighted by atomic mass is 16.1. The maximum atomic E-state index is 12.1. The number of ketones is 1. The van der Waals surface area contributed by atoms with Gasteiger partial charge in [-0.25, -0.2) is 0 Å². The van der Waals surface area contributed by atoms with Gasteiger partial charge in [0.1, 0.15) is 5.78 Å². The summed E-state index contributed by atoms with van der Waals surface area (Å²) < 4.78 is 0. The molecule has 130 valence electrons. The second-order valence-corrected chi connectivity index (χ2v) is 9.65. The van der Waals surface area contributed by atoms with Crippen molar-refractivity contribution in [2.24, 2.45) is 40.7 Å². The number of fused-ring (bicyclic) bond motifs is 5. The number of Topliss-reactive ketones (excluding diaryl/α,β-unsaturated/α-hetero) is 1. The Bertz CT molecular complexity index is 488. The fourth-order valence-electron chi connectivity index (χ4n) is 7.82. The van der Waals surface area contributed by atoms with E-state index in [9.17, 15) is 4.79 Å². The molecule has 0 amide bonds. The predicted octanol–water partition coefficient (Wildman–Crippen LogP) is 4.71. The first-order chi connectivity index (χ1) is 11.0. The van der Waals surface area contributed by atoms with Crippen molar-refractivity contribution in [1.82, 2.24) is 0 Å². The van der Waals surface area contributed by atoms with Crippen LogP contribution in [0.15, 0.2) is 0 Å². The maximum Gasteiger partial charge on any atom is 0.133 e. The van der Waals surface area contributed by atoms with Crippen LogP contribution in [0.3, 0.4) is 0 Å². The average molecular weight is 318 g/mol. The van der Waals surface area contributed by atoms with Crippen molar-refractivity contribution in [2.75, 3.05) is 0 Å². The lowest BCUT2D eigenvalue weighted by Gasteiger charge is -2.60. The summed E-state index contributed by atoms with van der Waals surface area (Å²) in [5, 5.41) is 0. The smallest absolute Gasteiger partial charge is 0.133 e. The molecule has 4 aliphatic rings. The Morgan fingerprint density at radius 3 is 2.57 bits per heavy atom. The quantitative estimate of drug-likeness (QED) is 0.761. The number of rotatable bonds is 1. The lowest BCUT2D eigenvalue weighted by Crippen LogP contribution is -2.63. The van der Waals surface area contributed by atoms with Crippen molar-refractivity contribution in [3.8, 4) is 0 Å². The summed E-state index contributed by atoms with van der Waals surface area (Å²) in [6, 6.07) is 0. The molecule has 23 heavy (non-hydrogen) atoms. The molecule has 0 heterocycles. The van der Waals surface area contributed by atoms with Crippen molar-refractivity contribution < 1.29 is 4.79 Å². The van der Waals surface area contributed by atoms with Gasteiger partial charge in [0, 0.05) is 11.5 Å². The Labute approximate surface area is 142 Å². The first-order valence-electron chi connectivity index (χ1n) is 10.3. The molecule has 0 saturated heterocycles. The molecule has 2 heteroatoms. The summed E-state index contributed by atoms with van der Waals surface area (Å²) in [7, 11) is 0. The molecule has 0 aliphatic heterocycles. The molecule has 0 aromatic heterocycles. The number of hydrogen-bond acceptors (Lipinski definition) is 2.